The van der Waals surface area contributed by atoms with Crippen LogP contribution < -0.4 is 0 Å². The molecule has 9 heteroatoms. The highest BCUT2D eigenvalue weighted by atomic mass is 32.2. The van der Waals surface area contributed by atoms with Gasteiger partial charge in [0, 0.05) is 12.8 Å². The van der Waals surface area contributed by atoms with Crippen LogP contribution in [0.15, 0.2) is 22.4 Å². The van der Waals surface area contributed by atoms with Crippen LogP contribution in [0.25, 0.3) is 0 Å². The Labute approximate surface area is 190 Å². The summed E-state index contributed by atoms with van der Waals surface area (Å²) in [7, 11) is -2.11. The molecule has 3 unspecified atom stereocenters. The predicted molar refractivity (Wildman–Crippen MR) is 124 cm³/mol. The molecular formula is C22H35N3O4SSi. The van der Waals surface area contributed by atoms with E-state index in [1.165, 1.54) is 11.8 Å². The van der Waals surface area contributed by atoms with Crippen LogP contribution in [0.4, 0.5) is 0 Å². The summed E-state index contributed by atoms with van der Waals surface area (Å²) in [6, 6.07) is 1.80. The van der Waals surface area contributed by atoms with Crippen LogP contribution in [0.5, 0.6) is 0 Å². The molecule has 1 aliphatic heterocycles. The van der Waals surface area contributed by atoms with E-state index in [4.69, 9.17) is 9.16 Å². The van der Waals surface area contributed by atoms with E-state index in [0.717, 1.165) is 17.9 Å². The van der Waals surface area contributed by atoms with Crippen molar-refractivity contribution in [3.63, 3.8) is 0 Å². The highest BCUT2D eigenvalue weighted by Crippen LogP contribution is 2.48. The third-order valence-electron chi connectivity index (χ3n) is 7.25. The van der Waals surface area contributed by atoms with Gasteiger partial charge in [0.25, 0.3) is 0 Å². The van der Waals surface area contributed by atoms with Crippen molar-refractivity contribution in [2.24, 2.45) is 16.5 Å². The van der Waals surface area contributed by atoms with E-state index in [0.29, 0.717) is 31.9 Å². The monoisotopic (exact) mass is 465 g/mol. The lowest BCUT2D eigenvalue weighted by Gasteiger charge is -2.50. The van der Waals surface area contributed by atoms with E-state index in [9.17, 15) is 10.0 Å². The number of nitrogens with zero attached hydrogens (tertiary/aromatic N) is 3. The first-order valence-electron chi connectivity index (χ1n) is 10.9. The largest absolute Gasteiger partial charge is 0.411 e. The summed E-state index contributed by atoms with van der Waals surface area (Å²) in [5.41, 5.74) is -0.360. The minimum absolute atomic E-state index is 0.0343. The van der Waals surface area contributed by atoms with Gasteiger partial charge in [-0.2, -0.15) is 0 Å². The molecule has 1 N–H and O–H groups in total. The van der Waals surface area contributed by atoms with E-state index >= 15 is 0 Å². The molecule has 2 heterocycles. The Balaban J connectivity index is 1.94. The number of carbonyl (C=O) groups excluding carboxylic acids is 1. The van der Waals surface area contributed by atoms with Crippen molar-refractivity contribution in [1.29, 1.82) is 0 Å². The summed E-state index contributed by atoms with van der Waals surface area (Å²) in [6.45, 7) is 12.0. The second-order valence-corrected chi connectivity index (χ2v) is 15.6. The zero-order valence-electron chi connectivity index (χ0n) is 19.5. The van der Waals surface area contributed by atoms with E-state index in [1.807, 2.05) is 6.26 Å². The quantitative estimate of drug-likeness (QED) is 0.170. The number of ketones is 1. The van der Waals surface area contributed by atoms with Gasteiger partial charge in [0.1, 0.15) is 5.71 Å². The van der Waals surface area contributed by atoms with Crippen LogP contribution in [0.1, 0.15) is 52.3 Å². The minimum Gasteiger partial charge on any atom is -0.411 e. The number of hydrogen-bond acceptors (Lipinski definition) is 8. The molecule has 7 nitrogen and oxygen atoms in total. The second-order valence-electron chi connectivity index (χ2n) is 10.1. The molecule has 172 valence electrons. The van der Waals surface area contributed by atoms with Crippen molar-refractivity contribution >= 4 is 31.6 Å². The predicted octanol–water partition coefficient (Wildman–Crippen LogP) is 4.54. The maximum atomic E-state index is 14.0. The molecule has 1 saturated heterocycles. The fraction of sp³-hybridized carbons (Fsp3) is 0.727. The molecule has 1 aromatic heterocycles. The van der Waals surface area contributed by atoms with E-state index < -0.39 is 19.7 Å². The Morgan fingerprint density at radius 2 is 2.13 bits per heavy atom. The normalized spacial score (nSPS) is 28.2. The molecule has 0 bridgehead atoms. The first kappa shape index (κ1) is 24.4. The van der Waals surface area contributed by atoms with Crippen LogP contribution >= 0.6 is 11.8 Å². The highest BCUT2D eigenvalue weighted by Gasteiger charge is 2.55. The van der Waals surface area contributed by atoms with Crippen LogP contribution in [-0.2, 0) is 14.0 Å². The lowest BCUT2D eigenvalue weighted by molar-refractivity contribution is -0.156. The number of thioether (sulfide) groups is 1. The number of oxime groups is 1. The number of ether oxygens (including phenoxy) is 1. The summed E-state index contributed by atoms with van der Waals surface area (Å²) < 4.78 is 12.6. The lowest BCUT2D eigenvalue weighted by Crippen LogP contribution is -2.59. The maximum Gasteiger partial charge on any atom is 0.192 e. The lowest BCUT2D eigenvalue weighted by atomic mass is 9.62. The molecule has 0 aromatic carbocycles. The Hall–Kier alpha value is -1.29. The average Bonchev–Trinajstić information content (AvgIpc) is 2.72. The van der Waals surface area contributed by atoms with Crippen LogP contribution in [0.3, 0.4) is 0 Å². The van der Waals surface area contributed by atoms with Crippen molar-refractivity contribution < 1.29 is 19.2 Å². The number of hydrogen-bond donors (Lipinski definition) is 1. The molecule has 1 aromatic rings. The molecule has 1 saturated carbocycles. The van der Waals surface area contributed by atoms with Crippen molar-refractivity contribution in [2.75, 3.05) is 19.5 Å². The molecular weight excluding hydrogens is 430 g/mol. The summed E-state index contributed by atoms with van der Waals surface area (Å²) in [5.74, 6) is -0.144. The molecule has 3 rings (SSSR count). The van der Waals surface area contributed by atoms with Crippen LogP contribution in [-0.4, -0.2) is 60.6 Å². The zero-order valence-corrected chi connectivity index (χ0v) is 21.3. The summed E-state index contributed by atoms with van der Waals surface area (Å²) in [5, 5.41) is 14.2. The van der Waals surface area contributed by atoms with Gasteiger partial charge in [-0.3, -0.25) is 4.79 Å². The first-order chi connectivity index (χ1) is 14.6. The van der Waals surface area contributed by atoms with Gasteiger partial charge >= 0.3 is 0 Å². The van der Waals surface area contributed by atoms with Gasteiger partial charge in [0.05, 0.1) is 29.1 Å². The highest BCUT2D eigenvalue weighted by molar-refractivity contribution is 7.98. The van der Waals surface area contributed by atoms with Crippen LogP contribution in [0.2, 0.25) is 18.1 Å². The smallest absolute Gasteiger partial charge is 0.192 e. The van der Waals surface area contributed by atoms with Gasteiger partial charge in [-0.1, -0.05) is 32.3 Å². The summed E-state index contributed by atoms with van der Waals surface area (Å²) in [6.07, 6.45) is 6.17. The Morgan fingerprint density at radius 1 is 1.39 bits per heavy atom. The fourth-order valence-electron chi connectivity index (χ4n) is 4.35. The topological polar surface area (TPSA) is 93.9 Å². The third-order valence-corrected chi connectivity index (χ3v) is 12.4. The zero-order chi connectivity index (χ0) is 22.9. The van der Waals surface area contributed by atoms with Gasteiger partial charge in [-0.05, 0) is 49.7 Å². The van der Waals surface area contributed by atoms with E-state index in [-0.39, 0.29) is 22.6 Å². The van der Waals surface area contributed by atoms with Crippen molar-refractivity contribution in [3.05, 3.63) is 18.1 Å². The van der Waals surface area contributed by atoms with Gasteiger partial charge < -0.3 is 14.4 Å². The second kappa shape index (κ2) is 9.29. The SMILES string of the molecule is CSc1ccnc(/C(=N\O)C2CCCC3(CCOCC3O[Si](C)(C)C(C)(C)C)C2=O)n1. The van der Waals surface area contributed by atoms with Crippen LogP contribution in [0, 0.1) is 11.3 Å². The Bertz CT molecular complexity index is 838. The minimum atomic E-state index is -2.11. The fourth-order valence-corrected chi connectivity index (χ4v) is 6.08. The van der Waals surface area contributed by atoms with E-state index in [2.05, 4.69) is 49.0 Å². The third kappa shape index (κ3) is 4.74. The van der Waals surface area contributed by atoms with Crippen molar-refractivity contribution in [1.82, 2.24) is 9.97 Å². The molecule has 31 heavy (non-hydrogen) atoms. The summed E-state index contributed by atoms with van der Waals surface area (Å²) in [4.78, 5) is 22.8. The Kier molecular flexibility index (Phi) is 7.30. The van der Waals surface area contributed by atoms with Gasteiger partial charge in [0.15, 0.2) is 19.9 Å². The average molecular weight is 466 g/mol. The molecule has 0 amide bonds. The van der Waals surface area contributed by atoms with Gasteiger partial charge in [-0.25, -0.2) is 9.97 Å². The number of aromatic nitrogens is 2. The number of Topliss-reactive ketones (excluding diaryl/α,β-unsaturated/α-hetero) is 1. The van der Waals surface area contributed by atoms with Crippen molar-refractivity contribution in [2.45, 2.75) is 75.7 Å². The first-order valence-corrected chi connectivity index (χ1v) is 15.1. The number of rotatable bonds is 5. The molecule has 1 spiro atoms. The van der Waals surface area contributed by atoms with Gasteiger partial charge in [0.2, 0.25) is 0 Å². The molecule has 1 aliphatic carbocycles. The summed E-state index contributed by atoms with van der Waals surface area (Å²) >= 11 is 1.48. The number of carbonyl (C=O) groups is 1. The molecule has 2 fully saturated rings. The van der Waals surface area contributed by atoms with Gasteiger partial charge in [-0.15, -0.1) is 11.8 Å². The van der Waals surface area contributed by atoms with Crippen molar-refractivity contribution in [3.8, 4) is 0 Å². The molecule has 3 atom stereocenters. The molecule has 0 radical (unpaired) electrons. The van der Waals surface area contributed by atoms with E-state index in [1.54, 1.807) is 12.3 Å². The molecule has 2 aliphatic rings. The standard InChI is InChI=1S/C22H35N3O4SSi/c1-21(2,3)31(5,6)29-16-14-28-13-11-22(16)10-7-8-15(19(22)26)18(25-27)20-23-12-9-17(24-20)30-4/h9,12,15-16,27H,7-8,10-11,13-14H2,1-6H3/b25-18-. The maximum absolute atomic E-state index is 14.0. The Morgan fingerprint density at radius 3 is 2.77 bits per heavy atom.